The zero-order valence-electron chi connectivity index (χ0n) is 13.9. The number of hydrogen-bond acceptors (Lipinski definition) is 4. The maximum absolute atomic E-state index is 12.3. The van der Waals surface area contributed by atoms with Crippen molar-refractivity contribution in [3.63, 3.8) is 0 Å². The summed E-state index contributed by atoms with van der Waals surface area (Å²) in [5.41, 5.74) is 1.69. The first kappa shape index (κ1) is 17.2. The van der Waals surface area contributed by atoms with Crippen LogP contribution in [0.1, 0.15) is 64.3 Å². The molecule has 1 amide bonds. The highest BCUT2D eigenvalue weighted by Crippen LogP contribution is 2.22. The molecule has 0 saturated heterocycles. The molecule has 2 aromatic heterocycles. The minimum Gasteiger partial charge on any atom is -0.477 e. The van der Waals surface area contributed by atoms with Gasteiger partial charge < -0.3 is 10.4 Å². The second-order valence-corrected chi connectivity index (χ2v) is 7.53. The van der Waals surface area contributed by atoms with Crippen LogP contribution in [0.25, 0.3) is 0 Å². The van der Waals surface area contributed by atoms with Gasteiger partial charge in [-0.05, 0) is 46.8 Å². The van der Waals surface area contributed by atoms with Gasteiger partial charge in [-0.25, -0.2) is 4.79 Å². The molecule has 2 heterocycles. The van der Waals surface area contributed by atoms with E-state index in [1.165, 1.54) is 12.1 Å². The predicted octanol–water partition coefficient (Wildman–Crippen LogP) is 3.20. The second kappa shape index (κ2) is 6.16. The van der Waals surface area contributed by atoms with Crippen molar-refractivity contribution >= 4 is 23.2 Å². The maximum Gasteiger partial charge on any atom is 0.345 e. The number of nitrogens with zero attached hydrogens (tertiary/aromatic N) is 2. The molecule has 0 aromatic carbocycles. The Balaban J connectivity index is 2.15. The van der Waals surface area contributed by atoms with E-state index in [1.807, 2.05) is 24.7 Å². The second-order valence-electron chi connectivity index (χ2n) is 6.45. The highest BCUT2D eigenvalue weighted by atomic mass is 32.1. The van der Waals surface area contributed by atoms with E-state index < -0.39 is 5.97 Å². The summed E-state index contributed by atoms with van der Waals surface area (Å²) in [6.45, 7) is 9.98. The van der Waals surface area contributed by atoms with Crippen molar-refractivity contribution in [2.24, 2.45) is 0 Å². The van der Waals surface area contributed by atoms with Gasteiger partial charge in [0.1, 0.15) is 4.88 Å². The molecule has 6 nitrogen and oxygen atoms in total. The van der Waals surface area contributed by atoms with E-state index in [1.54, 1.807) is 0 Å². The molecule has 1 atom stereocenters. The molecule has 0 radical (unpaired) electrons. The monoisotopic (exact) mass is 335 g/mol. The van der Waals surface area contributed by atoms with Crippen LogP contribution in [0.5, 0.6) is 0 Å². The molecule has 0 saturated carbocycles. The molecule has 0 spiro atoms. The zero-order chi connectivity index (χ0) is 17.4. The molecule has 7 heteroatoms. The first-order valence-corrected chi connectivity index (χ1v) is 8.12. The van der Waals surface area contributed by atoms with Crippen LogP contribution in [0.15, 0.2) is 18.3 Å². The first-order valence-electron chi connectivity index (χ1n) is 7.30. The Hall–Kier alpha value is -2.15. The smallest absolute Gasteiger partial charge is 0.345 e. The fraction of sp³-hybridized carbons (Fsp3) is 0.438. The lowest BCUT2D eigenvalue weighted by Gasteiger charge is -2.19. The number of carbonyl (C=O) groups excluding carboxylic acids is 1. The average Bonchev–Trinajstić information content (AvgIpc) is 3.04. The van der Waals surface area contributed by atoms with E-state index in [0.29, 0.717) is 4.88 Å². The van der Waals surface area contributed by atoms with Gasteiger partial charge in [-0.2, -0.15) is 5.10 Å². The molecule has 0 fully saturated rings. The number of rotatable bonds is 4. The largest absolute Gasteiger partial charge is 0.477 e. The number of amides is 1. The Morgan fingerprint density at radius 3 is 2.39 bits per heavy atom. The minimum absolute atomic E-state index is 0.128. The SMILES string of the molecule is Cc1nn(C(C)(C)C)cc1[C@H](C)NC(=O)c1ccc(C(=O)O)s1. The summed E-state index contributed by atoms with van der Waals surface area (Å²) >= 11 is 0.968. The molecule has 2 N–H and O–H groups in total. The van der Waals surface area contributed by atoms with Gasteiger partial charge in [0.15, 0.2) is 0 Å². The fourth-order valence-electron chi connectivity index (χ4n) is 2.16. The van der Waals surface area contributed by atoms with Gasteiger partial charge in [0.05, 0.1) is 22.2 Å². The quantitative estimate of drug-likeness (QED) is 0.898. The Kier molecular flexibility index (Phi) is 4.61. The highest BCUT2D eigenvalue weighted by molar-refractivity contribution is 7.15. The van der Waals surface area contributed by atoms with Crippen LogP contribution in [0.3, 0.4) is 0 Å². The number of aromatic carboxylic acids is 1. The van der Waals surface area contributed by atoms with Crippen LogP contribution in [0.4, 0.5) is 0 Å². The zero-order valence-corrected chi connectivity index (χ0v) is 14.7. The Morgan fingerprint density at radius 1 is 1.30 bits per heavy atom. The van der Waals surface area contributed by atoms with Crippen LogP contribution in [0, 0.1) is 6.92 Å². The number of aromatic nitrogens is 2. The van der Waals surface area contributed by atoms with Crippen molar-refractivity contribution in [1.82, 2.24) is 15.1 Å². The van der Waals surface area contributed by atoms with E-state index in [9.17, 15) is 9.59 Å². The molecule has 2 aromatic rings. The summed E-state index contributed by atoms with van der Waals surface area (Å²) < 4.78 is 1.88. The summed E-state index contributed by atoms with van der Waals surface area (Å²) in [5, 5.41) is 16.3. The standard InChI is InChI=1S/C16H21N3O3S/c1-9(11-8-19(16(3,4)5)18-10(11)2)17-14(20)12-6-7-13(23-12)15(21)22/h6-9H,1-5H3,(H,17,20)(H,21,22)/t9-/m0/s1. The lowest BCUT2D eigenvalue weighted by molar-refractivity contribution is 0.0702. The number of thiophene rings is 1. The van der Waals surface area contributed by atoms with Crippen LogP contribution >= 0.6 is 11.3 Å². The van der Waals surface area contributed by atoms with Crippen molar-refractivity contribution < 1.29 is 14.7 Å². The minimum atomic E-state index is -1.02. The summed E-state index contributed by atoms with van der Waals surface area (Å²) in [4.78, 5) is 23.7. The number of carboxylic acid groups (broad SMARTS) is 1. The molecule has 0 unspecified atom stereocenters. The van der Waals surface area contributed by atoms with Crippen molar-refractivity contribution in [2.75, 3.05) is 0 Å². The third-order valence-electron chi connectivity index (χ3n) is 3.48. The highest BCUT2D eigenvalue weighted by Gasteiger charge is 2.21. The summed E-state index contributed by atoms with van der Waals surface area (Å²) in [6, 6.07) is 2.76. The summed E-state index contributed by atoms with van der Waals surface area (Å²) in [5.74, 6) is -1.30. The van der Waals surface area contributed by atoms with Crippen LogP contribution in [-0.2, 0) is 5.54 Å². The normalized spacial score (nSPS) is 12.9. The topological polar surface area (TPSA) is 84.2 Å². The molecule has 0 aliphatic rings. The fourth-order valence-corrected chi connectivity index (χ4v) is 2.91. The van der Waals surface area contributed by atoms with Gasteiger partial charge >= 0.3 is 5.97 Å². The van der Waals surface area contributed by atoms with Gasteiger partial charge in [0.25, 0.3) is 5.91 Å². The van der Waals surface area contributed by atoms with Crippen LogP contribution in [0.2, 0.25) is 0 Å². The number of hydrogen-bond donors (Lipinski definition) is 2. The number of carbonyl (C=O) groups is 2. The van der Waals surface area contributed by atoms with Gasteiger partial charge in [-0.1, -0.05) is 0 Å². The van der Waals surface area contributed by atoms with Gasteiger partial charge in [-0.3, -0.25) is 9.48 Å². The number of nitrogens with one attached hydrogen (secondary N) is 1. The van der Waals surface area contributed by atoms with Gasteiger partial charge in [0, 0.05) is 11.8 Å². The molecule has 124 valence electrons. The molecule has 2 rings (SSSR count). The Labute approximate surface area is 139 Å². The Morgan fingerprint density at radius 2 is 1.91 bits per heavy atom. The number of aryl methyl sites for hydroxylation is 1. The molecule has 0 aliphatic heterocycles. The predicted molar refractivity (Wildman–Crippen MR) is 89.1 cm³/mol. The van der Waals surface area contributed by atoms with Gasteiger partial charge in [0.2, 0.25) is 0 Å². The third kappa shape index (κ3) is 3.79. The van der Waals surface area contributed by atoms with E-state index in [4.69, 9.17) is 5.11 Å². The molecular formula is C16H21N3O3S. The third-order valence-corrected chi connectivity index (χ3v) is 4.55. The molecule has 0 bridgehead atoms. The van der Waals surface area contributed by atoms with Crippen molar-refractivity contribution in [3.8, 4) is 0 Å². The van der Waals surface area contributed by atoms with Crippen LogP contribution in [-0.4, -0.2) is 26.8 Å². The van der Waals surface area contributed by atoms with Crippen molar-refractivity contribution in [3.05, 3.63) is 39.3 Å². The molecule has 23 heavy (non-hydrogen) atoms. The first-order chi connectivity index (χ1) is 10.6. The lowest BCUT2D eigenvalue weighted by atomic mass is 10.1. The summed E-state index contributed by atoms with van der Waals surface area (Å²) in [7, 11) is 0. The van der Waals surface area contributed by atoms with E-state index >= 15 is 0 Å². The van der Waals surface area contributed by atoms with Gasteiger partial charge in [-0.15, -0.1) is 11.3 Å². The number of carboxylic acids is 1. The van der Waals surface area contributed by atoms with Crippen molar-refractivity contribution in [1.29, 1.82) is 0 Å². The van der Waals surface area contributed by atoms with E-state index in [2.05, 4.69) is 31.2 Å². The maximum atomic E-state index is 12.3. The van der Waals surface area contributed by atoms with E-state index in [-0.39, 0.29) is 22.4 Å². The summed E-state index contributed by atoms with van der Waals surface area (Å²) in [6.07, 6.45) is 1.94. The lowest BCUT2D eigenvalue weighted by Crippen LogP contribution is -2.26. The average molecular weight is 335 g/mol. The van der Waals surface area contributed by atoms with E-state index in [0.717, 1.165) is 22.6 Å². The van der Waals surface area contributed by atoms with Crippen molar-refractivity contribution in [2.45, 2.75) is 46.2 Å². The Bertz CT molecular complexity index is 740. The molecular weight excluding hydrogens is 314 g/mol. The van der Waals surface area contributed by atoms with Crippen LogP contribution < -0.4 is 5.32 Å². The molecule has 0 aliphatic carbocycles.